The van der Waals surface area contributed by atoms with E-state index in [0.717, 1.165) is 55.3 Å². The van der Waals surface area contributed by atoms with E-state index in [9.17, 15) is 13.2 Å². The van der Waals surface area contributed by atoms with Crippen molar-refractivity contribution in [1.82, 2.24) is 0 Å². The minimum atomic E-state index is -3.67. The highest BCUT2D eigenvalue weighted by atomic mass is 32.2. The topological polar surface area (TPSA) is 66.5 Å². The van der Waals surface area contributed by atoms with Crippen LogP contribution in [0.5, 0.6) is 0 Å². The highest BCUT2D eigenvalue weighted by molar-refractivity contribution is 7.92. The van der Waals surface area contributed by atoms with Crippen molar-refractivity contribution in [3.8, 4) is 0 Å². The van der Waals surface area contributed by atoms with E-state index in [1.54, 1.807) is 30.0 Å². The first kappa shape index (κ1) is 18.0. The molecule has 5 nitrogen and oxygen atoms in total. The second kappa shape index (κ2) is 7.00. The van der Waals surface area contributed by atoms with E-state index in [0.29, 0.717) is 12.2 Å². The van der Waals surface area contributed by atoms with Crippen molar-refractivity contribution in [2.24, 2.45) is 0 Å². The van der Waals surface area contributed by atoms with Crippen LogP contribution in [0.3, 0.4) is 0 Å². The number of nitrogens with zero attached hydrogens (tertiary/aromatic N) is 1. The highest BCUT2D eigenvalue weighted by Gasteiger charge is 2.24. The first-order valence-electron chi connectivity index (χ1n) is 9.50. The van der Waals surface area contributed by atoms with Gasteiger partial charge in [0.2, 0.25) is 5.91 Å². The smallest absolute Gasteiger partial charge is 0.261 e. The molecule has 0 spiro atoms. The fourth-order valence-electron chi connectivity index (χ4n) is 4.15. The van der Waals surface area contributed by atoms with Crippen LogP contribution in [0.15, 0.2) is 41.3 Å². The van der Waals surface area contributed by atoms with Gasteiger partial charge in [-0.1, -0.05) is 12.1 Å². The molecule has 1 aliphatic carbocycles. The van der Waals surface area contributed by atoms with E-state index in [1.807, 2.05) is 12.1 Å². The molecule has 0 saturated carbocycles. The van der Waals surface area contributed by atoms with Crippen molar-refractivity contribution in [1.29, 1.82) is 0 Å². The fraction of sp³-hybridized carbons (Fsp3) is 0.381. The van der Waals surface area contributed by atoms with Crippen LogP contribution in [0.4, 0.5) is 11.4 Å². The quantitative estimate of drug-likeness (QED) is 0.878. The van der Waals surface area contributed by atoms with Gasteiger partial charge in [0.05, 0.1) is 10.6 Å². The molecule has 2 aliphatic rings. The molecule has 0 atom stereocenters. The maximum absolute atomic E-state index is 13.0. The summed E-state index contributed by atoms with van der Waals surface area (Å²) in [5.41, 5.74) is 4.78. The molecule has 0 aromatic heterocycles. The summed E-state index contributed by atoms with van der Waals surface area (Å²) in [6.45, 7) is 2.22. The summed E-state index contributed by atoms with van der Waals surface area (Å²) < 4.78 is 28.8. The van der Waals surface area contributed by atoms with E-state index in [-0.39, 0.29) is 10.8 Å². The van der Waals surface area contributed by atoms with Gasteiger partial charge in [0.15, 0.2) is 0 Å². The molecule has 0 bridgehead atoms. The van der Waals surface area contributed by atoms with Gasteiger partial charge >= 0.3 is 0 Å². The van der Waals surface area contributed by atoms with E-state index >= 15 is 0 Å². The third-order valence-electron chi connectivity index (χ3n) is 5.50. The molecular weight excluding hydrogens is 360 g/mol. The molecule has 4 rings (SSSR count). The van der Waals surface area contributed by atoms with Crippen LogP contribution in [0, 0.1) is 0 Å². The predicted octanol–water partition coefficient (Wildman–Crippen LogP) is 3.67. The molecular formula is C21H24N2O3S. The Bertz CT molecular complexity index is 998. The molecule has 1 aliphatic heterocycles. The van der Waals surface area contributed by atoms with Crippen LogP contribution in [0.25, 0.3) is 0 Å². The zero-order valence-corrected chi connectivity index (χ0v) is 16.3. The Morgan fingerprint density at radius 3 is 2.59 bits per heavy atom. The summed E-state index contributed by atoms with van der Waals surface area (Å²) in [5.74, 6) is -0.0133. The highest BCUT2D eigenvalue weighted by Crippen LogP contribution is 2.32. The van der Waals surface area contributed by atoms with Crippen LogP contribution in [0.1, 0.15) is 42.9 Å². The van der Waals surface area contributed by atoms with Crippen LogP contribution in [-0.4, -0.2) is 20.9 Å². The number of carbonyl (C=O) groups is 1. The maximum atomic E-state index is 13.0. The first-order valence-corrected chi connectivity index (χ1v) is 11.0. The minimum Gasteiger partial charge on any atom is -0.312 e. The Balaban J connectivity index is 1.66. The van der Waals surface area contributed by atoms with E-state index < -0.39 is 10.0 Å². The third-order valence-corrected chi connectivity index (χ3v) is 6.86. The average Bonchev–Trinajstić information content (AvgIpc) is 2.67. The summed E-state index contributed by atoms with van der Waals surface area (Å²) in [5, 5.41) is 0. The lowest BCUT2D eigenvalue weighted by molar-refractivity contribution is -0.116. The number of aryl methyl sites for hydroxylation is 2. The number of carbonyl (C=O) groups excluding carboxylic acids is 1. The van der Waals surface area contributed by atoms with Crippen LogP contribution >= 0.6 is 0 Å². The Morgan fingerprint density at radius 1 is 1.00 bits per heavy atom. The Hall–Kier alpha value is -2.34. The Labute approximate surface area is 160 Å². The molecule has 0 fully saturated rings. The second-order valence-electron chi connectivity index (χ2n) is 7.32. The lowest BCUT2D eigenvalue weighted by Gasteiger charge is -2.29. The zero-order chi connectivity index (χ0) is 19.0. The van der Waals surface area contributed by atoms with Crippen molar-refractivity contribution >= 4 is 27.3 Å². The van der Waals surface area contributed by atoms with Gasteiger partial charge in [0.1, 0.15) is 0 Å². The van der Waals surface area contributed by atoms with E-state index in [1.165, 1.54) is 5.56 Å². The molecule has 0 radical (unpaired) electrons. The maximum Gasteiger partial charge on any atom is 0.261 e. The second-order valence-corrected chi connectivity index (χ2v) is 9.00. The Morgan fingerprint density at radius 2 is 1.78 bits per heavy atom. The van der Waals surface area contributed by atoms with Gasteiger partial charge in [-0.3, -0.25) is 9.52 Å². The molecule has 0 unspecified atom stereocenters. The minimum absolute atomic E-state index is 0.0133. The summed E-state index contributed by atoms with van der Waals surface area (Å²) >= 11 is 0. The van der Waals surface area contributed by atoms with Gasteiger partial charge < -0.3 is 4.90 Å². The normalized spacial score (nSPS) is 16.4. The molecule has 1 N–H and O–H groups in total. The largest absolute Gasteiger partial charge is 0.312 e. The van der Waals surface area contributed by atoms with Gasteiger partial charge in [-0.05, 0) is 79.5 Å². The molecule has 142 valence electrons. The van der Waals surface area contributed by atoms with Gasteiger partial charge in [-0.25, -0.2) is 8.42 Å². The van der Waals surface area contributed by atoms with Gasteiger partial charge in [-0.2, -0.15) is 0 Å². The number of benzene rings is 2. The monoisotopic (exact) mass is 384 g/mol. The molecule has 0 saturated heterocycles. The fourth-order valence-corrected chi connectivity index (χ4v) is 5.29. The summed E-state index contributed by atoms with van der Waals surface area (Å²) in [6.07, 6.45) is 5.78. The average molecular weight is 385 g/mol. The number of amides is 1. The molecule has 1 heterocycles. The standard InChI is InChI=1S/C21H24N2O3S/c1-15(24)23-13-5-8-17-14-18(11-12-21(17)23)27(25,26)22-20-10-4-7-16-6-2-3-9-19(16)20/h4,7,10-12,14,22H,2-3,5-6,8-9,13H2,1H3. The summed E-state index contributed by atoms with van der Waals surface area (Å²) in [4.78, 5) is 13.8. The van der Waals surface area contributed by atoms with Gasteiger partial charge in [-0.15, -0.1) is 0 Å². The number of anilines is 2. The lowest BCUT2D eigenvalue weighted by Crippen LogP contribution is -2.33. The summed E-state index contributed by atoms with van der Waals surface area (Å²) in [6, 6.07) is 10.9. The SMILES string of the molecule is CC(=O)N1CCCc2cc(S(=O)(=O)Nc3cccc4c3CCCC4)ccc21. The van der Waals surface area contributed by atoms with Crippen LogP contribution < -0.4 is 9.62 Å². The number of hydrogen-bond donors (Lipinski definition) is 1. The number of rotatable bonds is 3. The van der Waals surface area contributed by atoms with E-state index in [2.05, 4.69) is 10.8 Å². The number of fused-ring (bicyclic) bond motifs is 2. The van der Waals surface area contributed by atoms with Gasteiger partial charge in [0.25, 0.3) is 10.0 Å². The zero-order valence-electron chi connectivity index (χ0n) is 15.5. The summed E-state index contributed by atoms with van der Waals surface area (Å²) in [7, 11) is -3.67. The van der Waals surface area contributed by atoms with Crippen molar-refractivity contribution in [3.05, 3.63) is 53.1 Å². The van der Waals surface area contributed by atoms with Crippen molar-refractivity contribution in [3.63, 3.8) is 0 Å². The number of hydrogen-bond acceptors (Lipinski definition) is 3. The van der Waals surface area contributed by atoms with E-state index in [4.69, 9.17) is 0 Å². The van der Waals surface area contributed by atoms with Crippen molar-refractivity contribution in [2.45, 2.75) is 50.3 Å². The predicted molar refractivity (Wildman–Crippen MR) is 107 cm³/mol. The molecule has 2 aromatic carbocycles. The van der Waals surface area contributed by atoms with Crippen LogP contribution in [0.2, 0.25) is 0 Å². The Kier molecular flexibility index (Phi) is 4.68. The molecule has 6 heteroatoms. The van der Waals surface area contributed by atoms with Crippen LogP contribution in [-0.2, 0) is 34.1 Å². The molecule has 1 amide bonds. The van der Waals surface area contributed by atoms with Crippen molar-refractivity contribution in [2.75, 3.05) is 16.2 Å². The number of nitrogens with one attached hydrogen (secondary N) is 1. The number of sulfonamides is 1. The third kappa shape index (κ3) is 3.46. The van der Waals surface area contributed by atoms with Gasteiger partial charge in [0, 0.05) is 19.2 Å². The lowest BCUT2D eigenvalue weighted by atomic mass is 9.91. The first-order chi connectivity index (χ1) is 13.0. The molecule has 2 aromatic rings. The molecule has 27 heavy (non-hydrogen) atoms. The van der Waals surface area contributed by atoms with Crippen molar-refractivity contribution < 1.29 is 13.2 Å².